The van der Waals surface area contributed by atoms with E-state index in [0.717, 1.165) is 5.56 Å². The highest BCUT2D eigenvalue weighted by Crippen LogP contribution is 2.32. The first kappa shape index (κ1) is 17.5. The van der Waals surface area contributed by atoms with Gasteiger partial charge >= 0.3 is 6.09 Å². The molecule has 24 heavy (non-hydrogen) atoms. The molecule has 0 saturated heterocycles. The minimum absolute atomic E-state index is 0.00206. The number of nitro groups is 1. The maximum Gasteiger partial charge on any atom is 0.414 e. The quantitative estimate of drug-likeness (QED) is 0.608. The molecule has 0 radical (unpaired) electrons. The highest BCUT2D eigenvalue weighted by molar-refractivity contribution is 5.93. The number of para-hydroxylation sites is 1. The van der Waals surface area contributed by atoms with E-state index in [1.807, 2.05) is 12.1 Å². The summed E-state index contributed by atoms with van der Waals surface area (Å²) >= 11 is 0. The normalized spacial score (nSPS) is 11.0. The maximum atomic E-state index is 12.3. The van der Waals surface area contributed by atoms with Gasteiger partial charge in [-0.15, -0.1) is 0 Å². The van der Waals surface area contributed by atoms with Crippen LogP contribution in [0.1, 0.15) is 20.8 Å². The first-order chi connectivity index (χ1) is 11.2. The minimum Gasteiger partial charge on any atom is -0.443 e. The van der Waals surface area contributed by atoms with Crippen LogP contribution in [-0.2, 0) is 4.74 Å². The molecule has 0 heterocycles. The molecule has 6 heteroatoms. The van der Waals surface area contributed by atoms with E-state index in [2.05, 4.69) is 0 Å². The van der Waals surface area contributed by atoms with Crippen molar-refractivity contribution in [1.29, 1.82) is 0 Å². The molecule has 0 bridgehead atoms. The van der Waals surface area contributed by atoms with Crippen LogP contribution in [0.15, 0.2) is 48.5 Å². The molecule has 6 nitrogen and oxygen atoms in total. The Morgan fingerprint density at radius 1 is 1.12 bits per heavy atom. The van der Waals surface area contributed by atoms with Gasteiger partial charge in [0.05, 0.1) is 10.6 Å². The van der Waals surface area contributed by atoms with Gasteiger partial charge in [-0.3, -0.25) is 15.0 Å². The third kappa shape index (κ3) is 4.10. The Morgan fingerprint density at radius 2 is 1.79 bits per heavy atom. The predicted molar refractivity (Wildman–Crippen MR) is 93.2 cm³/mol. The molecule has 0 aliphatic carbocycles. The monoisotopic (exact) mass is 328 g/mol. The van der Waals surface area contributed by atoms with E-state index in [-0.39, 0.29) is 5.69 Å². The van der Waals surface area contributed by atoms with Gasteiger partial charge < -0.3 is 4.74 Å². The molecule has 0 fully saturated rings. The zero-order chi connectivity index (χ0) is 17.9. The SMILES string of the molecule is CN(C(=O)OC(C)(C)C)c1ccccc1-c1cccc([N+](=O)[O-])c1. The largest absolute Gasteiger partial charge is 0.443 e. The van der Waals surface area contributed by atoms with Gasteiger partial charge in [-0.05, 0) is 32.4 Å². The molecule has 0 atom stereocenters. The molecule has 0 saturated carbocycles. The van der Waals surface area contributed by atoms with Gasteiger partial charge in [-0.1, -0.05) is 30.3 Å². The van der Waals surface area contributed by atoms with Gasteiger partial charge in [0, 0.05) is 24.7 Å². The Hall–Kier alpha value is -2.89. The minimum atomic E-state index is -0.605. The number of hydrogen-bond acceptors (Lipinski definition) is 4. The molecule has 1 amide bonds. The summed E-state index contributed by atoms with van der Waals surface area (Å²) in [5.74, 6) is 0. The molecule has 0 aliphatic rings. The number of hydrogen-bond donors (Lipinski definition) is 0. The number of rotatable bonds is 3. The Labute approximate surface area is 140 Å². The number of carbonyl (C=O) groups excluding carboxylic acids is 1. The van der Waals surface area contributed by atoms with Gasteiger partial charge in [0.25, 0.3) is 5.69 Å². The van der Waals surface area contributed by atoms with Crippen molar-refractivity contribution in [3.63, 3.8) is 0 Å². The molecule has 0 spiro atoms. The van der Waals surface area contributed by atoms with E-state index in [9.17, 15) is 14.9 Å². The number of anilines is 1. The summed E-state index contributed by atoms with van der Waals surface area (Å²) in [6.45, 7) is 5.39. The first-order valence-electron chi connectivity index (χ1n) is 7.49. The summed E-state index contributed by atoms with van der Waals surface area (Å²) in [5, 5.41) is 11.0. The average Bonchev–Trinajstić information content (AvgIpc) is 2.52. The van der Waals surface area contributed by atoms with Crippen molar-refractivity contribution >= 4 is 17.5 Å². The van der Waals surface area contributed by atoms with Crippen LogP contribution < -0.4 is 4.90 Å². The summed E-state index contributed by atoms with van der Waals surface area (Å²) < 4.78 is 5.39. The van der Waals surface area contributed by atoms with E-state index >= 15 is 0 Å². The van der Waals surface area contributed by atoms with E-state index in [1.54, 1.807) is 52.1 Å². The van der Waals surface area contributed by atoms with Crippen LogP contribution in [0.4, 0.5) is 16.2 Å². The van der Waals surface area contributed by atoms with Crippen molar-refractivity contribution < 1.29 is 14.5 Å². The fraction of sp³-hybridized carbons (Fsp3) is 0.278. The standard InChI is InChI=1S/C18H20N2O4/c1-18(2,3)24-17(21)19(4)16-11-6-5-10-15(16)13-8-7-9-14(12-13)20(22)23/h5-12H,1-4H3. The lowest BCUT2D eigenvalue weighted by Gasteiger charge is -2.26. The lowest BCUT2D eigenvalue weighted by molar-refractivity contribution is -0.384. The lowest BCUT2D eigenvalue weighted by atomic mass is 10.0. The smallest absolute Gasteiger partial charge is 0.414 e. The maximum absolute atomic E-state index is 12.3. The molecule has 0 aliphatic heterocycles. The van der Waals surface area contributed by atoms with Gasteiger partial charge in [0.15, 0.2) is 0 Å². The summed E-state index contributed by atoms with van der Waals surface area (Å²) in [5.41, 5.74) is 1.39. The number of carbonyl (C=O) groups is 1. The van der Waals surface area contributed by atoms with E-state index in [4.69, 9.17) is 4.74 Å². The third-order valence-corrected chi connectivity index (χ3v) is 3.30. The molecule has 126 valence electrons. The number of benzene rings is 2. The van der Waals surface area contributed by atoms with Crippen LogP contribution in [0, 0.1) is 10.1 Å². The number of non-ortho nitro benzene ring substituents is 1. The van der Waals surface area contributed by atoms with E-state index in [1.165, 1.54) is 17.0 Å². The molecule has 0 aromatic heterocycles. The fourth-order valence-corrected chi connectivity index (χ4v) is 2.23. The molecular weight excluding hydrogens is 308 g/mol. The number of nitrogens with zero attached hydrogens (tertiary/aromatic N) is 2. The summed E-state index contributed by atoms with van der Waals surface area (Å²) in [6, 6.07) is 13.5. The molecular formula is C18H20N2O4. The second-order valence-corrected chi connectivity index (χ2v) is 6.36. The topological polar surface area (TPSA) is 72.7 Å². The van der Waals surface area contributed by atoms with Crippen molar-refractivity contribution in [3.8, 4) is 11.1 Å². The Morgan fingerprint density at radius 3 is 2.42 bits per heavy atom. The Bertz CT molecular complexity index is 766. The van der Waals surface area contributed by atoms with Crippen molar-refractivity contribution in [1.82, 2.24) is 0 Å². The van der Waals surface area contributed by atoms with Crippen molar-refractivity contribution in [2.24, 2.45) is 0 Å². The molecule has 2 aromatic carbocycles. The van der Waals surface area contributed by atoms with E-state index in [0.29, 0.717) is 11.3 Å². The molecule has 2 aromatic rings. The Balaban J connectivity index is 2.42. The number of ether oxygens (including phenoxy) is 1. The number of amides is 1. The van der Waals surface area contributed by atoms with Crippen LogP contribution in [-0.4, -0.2) is 23.7 Å². The van der Waals surface area contributed by atoms with Crippen LogP contribution in [0.25, 0.3) is 11.1 Å². The van der Waals surface area contributed by atoms with Crippen molar-refractivity contribution in [2.75, 3.05) is 11.9 Å². The zero-order valence-corrected chi connectivity index (χ0v) is 14.1. The van der Waals surface area contributed by atoms with Gasteiger partial charge in [-0.25, -0.2) is 4.79 Å². The molecule has 0 unspecified atom stereocenters. The Kier molecular flexibility index (Phi) is 4.87. The lowest BCUT2D eigenvalue weighted by Crippen LogP contribution is -2.34. The summed E-state index contributed by atoms with van der Waals surface area (Å²) in [7, 11) is 1.62. The molecule has 2 rings (SSSR count). The van der Waals surface area contributed by atoms with Gasteiger partial charge in [0.2, 0.25) is 0 Å². The van der Waals surface area contributed by atoms with Crippen molar-refractivity contribution in [2.45, 2.75) is 26.4 Å². The van der Waals surface area contributed by atoms with Crippen LogP contribution >= 0.6 is 0 Å². The van der Waals surface area contributed by atoms with Crippen LogP contribution in [0.5, 0.6) is 0 Å². The van der Waals surface area contributed by atoms with Gasteiger partial charge in [0.1, 0.15) is 5.60 Å². The second kappa shape index (κ2) is 6.70. The average molecular weight is 328 g/mol. The zero-order valence-electron chi connectivity index (χ0n) is 14.1. The summed E-state index contributed by atoms with van der Waals surface area (Å²) in [6.07, 6.45) is -0.486. The van der Waals surface area contributed by atoms with Gasteiger partial charge in [-0.2, -0.15) is 0 Å². The van der Waals surface area contributed by atoms with Crippen LogP contribution in [0.2, 0.25) is 0 Å². The highest BCUT2D eigenvalue weighted by atomic mass is 16.6. The molecule has 0 N–H and O–H groups in total. The number of nitro benzene ring substituents is 1. The van der Waals surface area contributed by atoms with Crippen LogP contribution in [0.3, 0.4) is 0 Å². The summed E-state index contributed by atoms with van der Waals surface area (Å²) in [4.78, 5) is 24.3. The van der Waals surface area contributed by atoms with E-state index < -0.39 is 16.6 Å². The first-order valence-corrected chi connectivity index (χ1v) is 7.49. The second-order valence-electron chi connectivity index (χ2n) is 6.36. The third-order valence-electron chi connectivity index (χ3n) is 3.30. The predicted octanol–water partition coefficient (Wildman–Crippen LogP) is 4.63. The highest BCUT2D eigenvalue weighted by Gasteiger charge is 2.22. The fourth-order valence-electron chi connectivity index (χ4n) is 2.23. The van der Waals surface area contributed by atoms with Crippen molar-refractivity contribution in [3.05, 3.63) is 58.6 Å².